The van der Waals surface area contributed by atoms with E-state index in [2.05, 4.69) is 0 Å². The zero-order chi connectivity index (χ0) is 30.0. The SMILES string of the molecule is CCCCCC(=O)O[C@@H]1CC/C(C)=C\[C@@H]2OC(=O)[C@H](C)[C@@]2(O)[C@H](O)[C@H]2C(C)=C[C@@H](OC(C)=O)[C@H](OC(C)=O)[C@@]21C. The first-order valence-electron chi connectivity index (χ1n) is 14.2. The Morgan fingerprint density at radius 1 is 1.07 bits per heavy atom. The van der Waals surface area contributed by atoms with E-state index in [4.69, 9.17) is 18.9 Å². The van der Waals surface area contributed by atoms with Crippen LogP contribution in [-0.4, -0.2) is 70.2 Å². The normalized spacial score (nSPS) is 38.9. The molecule has 224 valence electrons. The molecule has 1 fully saturated rings. The molecule has 1 aliphatic heterocycles. The number of hydrogen-bond acceptors (Lipinski definition) is 10. The van der Waals surface area contributed by atoms with Gasteiger partial charge in [0.15, 0.2) is 18.3 Å². The fourth-order valence-electron chi connectivity index (χ4n) is 6.65. The van der Waals surface area contributed by atoms with Crippen molar-refractivity contribution in [3.8, 4) is 0 Å². The molecule has 2 aliphatic carbocycles. The lowest BCUT2D eigenvalue weighted by molar-refractivity contribution is -0.221. The summed E-state index contributed by atoms with van der Waals surface area (Å²) < 4.78 is 23.1. The van der Waals surface area contributed by atoms with E-state index in [1.165, 1.54) is 20.8 Å². The van der Waals surface area contributed by atoms with E-state index >= 15 is 0 Å². The molecule has 0 aromatic rings. The fraction of sp³-hybridized carbons (Fsp3) is 0.733. The van der Waals surface area contributed by atoms with E-state index in [1.807, 2.05) is 13.8 Å². The van der Waals surface area contributed by atoms with Crippen LogP contribution in [0.4, 0.5) is 0 Å². The van der Waals surface area contributed by atoms with Gasteiger partial charge in [-0.2, -0.15) is 0 Å². The van der Waals surface area contributed by atoms with Crippen LogP contribution in [0, 0.1) is 17.3 Å². The molecule has 3 rings (SSSR count). The number of allylic oxidation sites excluding steroid dienone is 1. The highest BCUT2D eigenvalue weighted by Gasteiger charge is 2.66. The Hall–Kier alpha value is -2.72. The Morgan fingerprint density at radius 2 is 1.73 bits per heavy atom. The van der Waals surface area contributed by atoms with Gasteiger partial charge in [0.25, 0.3) is 0 Å². The van der Waals surface area contributed by atoms with E-state index in [1.54, 1.807) is 26.0 Å². The van der Waals surface area contributed by atoms with Crippen molar-refractivity contribution in [2.24, 2.45) is 17.3 Å². The second-order valence-corrected chi connectivity index (χ2v) is 11.8. The maximum Gasteiger partial charge on any atom is 0.312 e. The summed E-state index contributed by atoms with van der Waals surface area (Å²) in [6.45, 7) is 11.2. The number of carbonyl (C=O) groups excluding carboxylic acids is 4. The van der Waals surface area contributed by atoms with Gasteiger partial charge >= 0.3 is 23.9 Å². The number of aliphatic hydroxyl groups is 2. The summed E-state index contributed by atoms with van der Waals surface area (Å²) in [7, 11) is 0. The van der Waals surface area contributed by atoms with Gasteiger partial charge < -0.3 is 29.2 Å². The Labute approximate surface area is 236 Å². The smallest absolute Gasteiger partial charge is 0.312 e. The van der Waals surface area contributed by atoms with Crippen molar-refractivity contribution in [2.75, 3.05) is 0 Å². The molecule has 0 radical (unpaired) electrons. The molecule has 0 aromatic carbocycles. The third-order valence-electron chi connectivity index (χ3n) is 8.82. The molecule has 2 N–H and O–H groups in total. The fourth-order valence-corrected chi connectivity index (χ4v) is 6.65. The summed E-state index contributed by atoms with van der Waals surface area (Å²) >= 11 is 0. The molecule has 40 heavy (non-hydrogen) atoms. The molecule has 3 aliphatic rings. The number of fused-ring (bicyclic) bond motifs is 2. The third kappa shape index (κ3) is 5.98. The molecule has 0 aromatic heterocycles. The summed E-state index contributed by atoms with van der Waals surface area (Å²) in [5, 5.41) is 24.1. The summed E-state index contributed by atoms with van der Waals surface area (Å²) in [5.41, 5.74) is -2.14. The number of hydrogen-bond donors (Lipinski definition) is 2. The lowest BCUT2D eigenvalue weighted by atomic mass is 9.55. The van der Waals surface area contributed by atoms with Crippen LogP contribution in [0.25, 0.3) is 0 Å². The van der Waals surface area contributed by atoms with Gasteiger partial charge in [-0.3, -0.25) is 19.2 Å². The Bertz CT molecular complexity index is 1060. The lowest BCUT2D eigenvalue weighted by Crippen LogP contribution is -2.66. The molecule has 10 heteroatoms. The average molecular weight is 565 g/mol. The van der Waals surface area contributed by atoms with E-state index < -0.39 is 77.2 Å². The zero-order valence-corrected chi connectivity index (χ0v) is 24.6. The Balaban J connectivity index is 2.25. The number of rotatable bonds is 7. The number of ether oxygens (including phenoxy) is 4. The highest BCUT2D eigenvalue weighted by Crippen LogP contribution is 2.54. The molecule has 1 saturated heterocycles. The minimum absolute atomic E-state index is 0.189. The molecular formula is C30H44O10. The van der Waals surface area contributed by atoms with Gasteiger partial charge in [0.1, 0.15) is 11.7 Å². The highest BCUT2D eigenvalue weighted by atomic mass is 16.6. The van der Waals surface area contributed by atoms with Crippen LogP contribution in [-0.2, 0) is 38.1 Å². The first-order chi connectivity index (χ1) is 18.7. The van der Waals surface area contributed by atoms with Crippen LogP contribution in [0.15, 0.2) is 23.3 Å². The highest BCUT2D eigenvalue weighted by molar-refractivity contribution is 5.77. The summed E-state index contributed by atoms with van der Waals surface area (Å²) in [6, 6.07) is 0. The molecule has 9 atom stereocenters. The van der Waals surface area contributed by atoms with E-state index in [0.717, 1.165) is 18.4 Å². The molecular weight excluding hydrogens is 520 g/mol. The van der Waals surface area contributed by atoms with Gasteiger partial charge in [0.2, 0.25) is 0 Å². The number of carbonyl (C=O) groups is 4. The van der Waals surface area contributed by atoms with Gasteiger partial charge in [-0.25, -0.2) is 0 Å². The molecule has 10 nitrogen and oxygen atoms in total. The lowest BCUT2D eigenvalue weighted by Gasteiger charge is -2.55. The molecule has 0 bridgehead atoms. The Morgan fingerprint density at radius 3 is 2.33 bits per heavy atom. The first-order valence-corrected chi connectivity index (χ1v) is 14.2. The van der Waals surface area contributed by atoms with Crippen LogP contribution in [0.5, 0.6) is 0 Å². The standard InChI is InChI=1S/C30H44O10/c1-8-9-10-11-24(33)39-22-13-12-16(2)14-23-30(36,18(4)28(35)40-23)26(34)25-17(3)15-21(37-19(5)31)27(29(22,25)7)38-20(6)32/h14-15,18,21-23,25-27,34,36H,8-13H2,1-7H3/b16-14-/t18-,21+,22+,23-,25+,26+,27-,29+,30-/m0/s1. The average Bonchev–Trinajstić information content (AvgIpc) is 3.07. The maximum absolute atomic E-state index is 13.1. The van der Waals surface area contributed by atoms with E-state index in [0.29, 0.717) is 18.4 Å². The predicted molar refractivity (Wildman–Crippen MR) is 143 cm³/mol. The second-order valence-electron chi connectivity index (χ2n) is 11.8. The summed E-state index contributed by atoms with van der Waals surface area (Å²) in [6.07, 6.45) is 0.659. The molecule has 0 saturated carbocycles. The van der Waals surface area contributed by atoms with Crippen molar-refractivity contribution in [1.82, 2.24) is 0 Å². The van der Waals surface area contributed by atoms with Crippen molar-refractivity contribution in [1.29, 1.82) is 0 Å². The van der Waals surface area contributed by atoms with Crippen molar-refractivity contribution < 1.29 is 48.3 Å². The molecule has 0 spiro atoms. The van der Waals surface area contributed by atoms with Gasteiger partial charge in [0, 0.05) is 26.2 Å². The van der Waals surface area contributed by atoms with Crippen LogP contribution in [0.3, 0.4) is 0 Å². The van der Waals surface area contributed by atoms with Crippen molar-refractivity contribution in [3.05, 3.63) is 23.3 Å². The van der Waals surface area contributed by atoms with Crippen LogP contribution in [0.1, 0.15) is 87.0 Å². The largest absolute Gasteiger partial charge is 0.462 e. The van der Waals surface area contributed by atoms with Gasteiger partial charge in [-0.15, -0.1) is 0 Å². The van der Waals surface area contributed by atoms with Gasteiger partial charge in [0.05, 0.1) is 17.4 Å². The number of aliphatic hydroxyl groups excluding tert-OH is 1. The number of esters is 4. The first kappa shape index (κ1) is 31.8. The monoisotopic (exact) mass is 564 g/mol. The van der Waals surface area contributed by atoms with Crippen molar-refractivity contribution in [3.63, 3.8) is 0 Å². The van der Waals surface area contributed by atoms with Crippen molar-refractivity contribution >= 4 is 23.9 Å². The summed E-state index contributed by atoms with van der Waals surface area (Å²) in [4.78, 5) is 50.3. The zero-order valence-electron chi connectivity index (χ0n) is 24.6. The van der Waals surface area contributed by atoms with Gasteiger partial charge in [-0.05, 0) is 52.2 Å². The minimum atomic E-state index is -2.04. The van der Waals surface area contributed by atoms with Gasteiger partial charge in [-0.1, -0.05) is 37.8 Å². The molecule has 0 unspecified atom stereocenters. The Kier molecular flexibility index (Phi) is 9.88. The maximum atomic E-state index is 13.1. The number of unbranched alkanes of at least 4 members (excludes halogenated alkanes) is 2. The minimum Gasteiger partial charge on any atom is -0.462 e. The topological polar surface area (TPSA) is 146 Å². The van der Waals surface area contributed by atoms with Crippen molar-refractivity contribution in [2.45, 2.75) is 123 Å². The van der Waals surface area contributed by atoms with E-state index in [9.17, 15) is 29.4 Å². The predicted octanol–water partition coefficient (Wildman–Crippen LogP) is 3.32. The molecule has 1 heterocycles. The quantitative estimate of drug-likeness (QED) is 0.204. The third-order valence-corrected chi connectivity index (χ3v) is 8.82. The summed E-state index contributed by atoms with van der Waals surface area (Å²) in [5.74, 6) is -4.41. The van der Waals surface area contributed by atoms with Crippen LogP contribution >= 0.6 is 0 Å². The second kappa shape index (κ2) is 12.4. The van der Waals surface area contributed by atoms with E-state index in [-0.39, 0.29) is 12.8 Å². The molecule has 0 amide bonds. The van der Waals surface area contributed by atoms with Crippen LogP contribution < -0.4 is 0 Å². The van der Waals surface area contributed by atoms with Crippen LogP contribution in [0.2, 0.25) is 0 Å².